The Morgan fingerprint density at radius 1 is 1.14 bits per heavy atom. The highest BCUT2D eigenvalue weighted by molar-refractivity contribution is 6.10. The summed E-state index contributed by atoms with van der Waals surface area (Å²) in [5.41, 5.74) is 9.60. The quantitative estimate of drug-likeness (QED) is 0.644. The van der Waals surface area contributed by atoms with E-state index >= 15 is 0 Å². The normalized spacial score (nSPS) is 15.1. The minimum absolute atomic E-state index is 0.247. The lowest BCUT2D eigenvalue weighted by Gasteiger charge is -2.26. The summed E-state index contributed by atoms with van der Waals surface area (Å²) in [7, 11) is 0. The number of fused-ring (bicyclic) bond motifs is 2. The molecule has 28 heavy (non-hydrogen) atoms. The number of likely N-dealkylation sites (tertiary alicyclic amines) is 1. The van der Waals surface area contributed by atoms with Crippen molar-refractivity contribution in [2.24, 2.45) is 0 Å². The first kappa shape index (κ1) is 18.4. The number of hydrogen-bond acceptors (Lipinski definition) is 5. The molecule has 2 aromatic heterocycles. The Labute approximate surface area is 164 Å². The smallest absolute Gasteiger partial charge is 0.257 e. The van der Waals surface area contributed by atoms with Crippen molar-refractivity contribution >= 4 is 33.9 Å². The maximum atomic E-state index is 12.8. The summed E-state index contributed by atoms with van der Waals surface area (Å²) in [5, 5.41) is 2.82. The molecule has 0 saturated carbocycles. The third kappa shape index (κ3) is 3.45. The van der Waals surface area contributed by atoms with Crippen molar-refractivity contribution in [3.63, 3.8) is 0 Å². The van der Waals surface area contributed by atoms with E-state index in [1.807, 2.05) is 28.8 Å². The molecule has 3 heterocycles. The van der Waals surface area contributed by atoms with Gasteiger partial charge < -0.3 is 20.5 Å². The number of rotatable bonds is 6. The van der Waals surface area contributed by atoms with Crippen LogP contribution in [-0.4, -0.2) is 51.5 Å². The molecular formula is C21H26N6O. The fourth-order valence-electron chi connectivity index (χ4n) is 3.84. The Morgan fingerprint density at radius 3 is 2.57 bits per heavy atom. The topological polar surface area (TPSA) is 89.1 Å². The number of nitrogens with one attached hydrogen (secondary N) is 1. The molecule has 1 amide bonds. The Kier molecular flexibility index (Phi) is 5.25. The van der Waals surface area contributed by atoms with Gasteiger partial charge in [-0.1, -0.05) is 24.6 Å². The van der Waals surface area contributed by atoms with Crippen LogP contribution in [0.15, 0.2) is 36.9 Å². The second-order valence-electron chi connectivity index (χ2n) is 7.20. The number of nitrogens with zero attached hydrogens (tertiary/aromatic N) is 4. The highest BCUT2D eigenvalue weighted by atomic mass is 16.1. The van der Waals surface area contributed by atoms with Gasteiger partial charge in [0.1, 0.15) is 16.9 Å². The van der Waals surface area contributed by atoms with Gasteiger partial charge in [0.25, 0.3) is 5.91 Å². The molecule has 1 saturated heterocycles. The van der Waals surface area contributed by atoms with Gasteiger partial charge in [0.15, 0.2) is 5.65 Å². The molecule has 0 unspecified atom stereocenters. The van der Waals surface area contributed by atoms with E-state index in [-0.39, 0.29) is 5.91 Å². The summed E-state index contributed by atoms with van der Waals surface area (Å²) in [6, 6.07) is 7.67. The van der Waals surface area contributed by atoms with E-state index in [2.05, 4.69) is 16.8 Å². The van der Waals surface area contributed by atoms with Crippen LogP contribution in [-0.2, 0) is 6.54 Å². The Bertz CT molecular complexity index is 1020. The van der Waals surface area contributed by atoms with E-state index in [0.29, 0.717) is 35.6 Å². The molecule has 7 nitrogen and oxygen atoms in total. The van der Waals surface area contributed by atoms with E-state index < -0.39 is 0 Å². The van der Waals surface area contributed by atoms with Gasteiger partial charge in [-0.15, -0.1) is 6.58 Å². The van der Waals surface area contributed by atoms with Crippen molar-refractivity contribution in [3.05, 3.63) is 42.5 Å². The summed E-state index contributed by atoms with van der Waals surface area (Å²) in [6.45, 7) is 7.82. The van der Waals surface area contributed by atoms with Crippen LogP contribution in [0.4, 0.5) is 5.82 Å². The monoisotopic (exact) mass is 378 g/mol. The molecule has 1 aliphatic rings. The molecule has 0 aliphatic carbocycles. The van der Waals surface area contributed by atoms with Crippen LogP contribution < -0.4 is 11.1 Å². The van der Waals surface area contributed by atoms with Crippen LogP contribution in [0.1, 0.15) is 29.6 Å². The fourth-order valence-corrected chi connectivity index (χ4v) is 3.84. The van der Waals surface area contributed by atoms with Gasteiger partial charge in [-0.2, -0.15) is 0 Å². The van der Waals surface area contributed by atoms with Crippen LogP contribution in [0.2, 0.25) is 0 Å². The molecule has 0 radical (unpaired) electrons. The Morgan fingerprint density at radius 2 is 1.86 bits per heavy atom. The van der Waals surface area contributed by atoms with Crippen molar-refractivity contribution in [2.75, 3.05) is 31.9 Å². The summed E-state index contributed by atoms with van der Waals surface area (Å²) in [6.07, 6.45) is 5.42. The SMILES string of the molecule is C=CCNC(=O)c1c(N)n(CCN2CCCCC2)c2nc3ccccc3nc12. The van der Waals surface area contributed by atoms with Crippen LogP contribution in [0.3, 0.4) is 0 Å². The zero-order valence-corrected chi connectivity index (χ0v) is 16.0. The standard InChI is InChI=1S/C21H26N6O/c1-2-10-23-21(28)17-18-20(25-16-9-5-4-8-15(16)24-18)27(19(17)22)14-13-26-11-6-3-7-12-26/h2,4-5,8-9H,1,3,6-7,10-14,22H2,(H,23,28). The molecule has 146 valence electrons. The molecule has 7 heteroatoms. The first-order valence-corrected chi connectivity index (χ1v) is 9.85. The highest BCUT2D eigenvalue weighted by Crippen LogP contribution is 2.28. The molecule has 0 atom stereocenters. The number of amides is 1. The number of para-hydroxylation sites is 2. The van der Waals surface area contributed by atoms with Gasteiger partial charge >= 0.3 is 0 Å². The summed E-state index contributed by atoms with van der Waals surface area (Å²) in [5.74, 6) is 0.174. The van der Waals surface area contributed by atoms with Gasteiger partial charge in [0.05, 0.1) is 11.0 Å². The lowest BCUT2D eigenvalue weighted by molar-refractivity contribution is 0.0960. The second kappa shape index (κ2) is 7.98. The molecule has 4 rings (SSSR count). The average Bonchev–Trinajstić information content (AvgIpc) is 3.00. The predicted molar refractivity (Wildman–Crippen MR) is 112 cm³/mol. The Hall–Kier alpha value is -2.93. The van der Waals surface area contributed by atoms with Crippen molar-refractivity contribution in [1.82, 2.24) is 24.8 Å². The van der Waals surface area contributed by atoms with Crippen LogP contribution >= 0.6 is 0 Å². The molecule has 0 spiro atoms. The lowest BCUT2D eigenvalue weighted by Crippen LogP contribution is -2.32. The van der Waals surface area contributed by atoms with Crippen molar-refractivity contribution < 1.29 is 4.79 Å². The molecular weight excluding hydrogens is 352 g/mol. The number of nitrogen functional groups attached to an aromatic ring is 1. The van der Waals surface area contributed by atoms with E-state index in [9.17, 15) is 4.79 Å². The minimum atomic E-state index is -0.247. The van der Waals surface area contributed by atoms with E-state index in [1.165, 1.54) is 19.3 Å². The highest BCUT2D eigenvalue weighted by Gasteiger charge is 2.24. The van der Waals surface area contributed by atoms with Crippen LogP contribution in [0, 0.1) is 0 Å². The van der Waals surface area contributed by atoms with Crippen molar-refractivity contribution in [3.8, 4) is 0 Å². The number of benzene rings is 1. The number of nitrogens with two attached hydrogens (primary N) is 1. The number of hydrogen-bond donors (Lipinski definition) is 2. The third-order valence-corrected chi connectivity index (χ3v) is 5.31. The largest absolute Gasteiger partial charge is 0.384 e. The number of piperidine rings is 1. The zero-order chi connectivity index (χ0) is 19.5. The molecule has 3 N–H and O–H groups in total. The molecule has 1 aliphatic heterocycles. The molecule has 1 fully saturated rings. The first-order valence-electron chi connectivity index (χ1n) is 9.85. The van der Waals surface area contributed by atoms with Gasteiger partial charge in [-0.25, -0.2) is 9.97 Å². The number of anilines is 1. The van der Waals surface area contributed by atoms with E-state index in [1.54, 1.807) is 6.08 Å². The van der Waals surface area contributed by atoms with Gasteiger partial charge in [0.2, 0.25) is 0 Å². The molecule has 1 aromatic carbocycles. The minimum Gasteiger partial charge on any atom is -0.384 e. The van der Waals surface area contributed by atoms with E-state index in [0.717, 1.165) is 30.7 Å². The van der Waals surface area contributed by atoms with Crippen molar-refractivity contribution in [2.45, 2.75) is 25.8 Å². The number of carbonyl (C=O) groups is 1. The Balaban J connectivity index is 1.77. The molecule has 3 aromatic rings. The van der Waals surface area contributed by atoms with Gasteiger partial charge in [0, 0.05) is 19.6 Å². The summed E-state index contributed by atoms with van der Waals surface area (Å²) < 4.78 is 1.94. The van der Waals surface area contributed by atoms with Gasteiger partial charge in [-0.05, 0) is 38.1 Å². The summed E-state index contributed by atoms with van der Waals surface area (Å²) >= 11 is 0. The van der Waals surface area contributed by atoms with E-state index in [4.69, 9.17) is 15.7 Å². The summed E-state index contributed by atoms with van der Waals surface area (Å²) in [4.78, 5) is 24.7. The lowest BCUT2D eigenvalue weighted by atomic mass is 10.1. The second-order valence-corrected chi connectivity index (χ2v) is 7.20. The number of aromatic nitrogens is 3. The fraction of sp³-hybridized carbons (Fsp3) is 0.381. The van der Waals surface area contributed by atoms with Crippen LogP contribution in [0.5, 0.6) is 0 Å². The average molecular weight is 378 g/mol. The first-order chi connectivity index (χ1) is 13.7. The van der Waals surface area contributed by atoms with Crippen LogP contribution in [0.25, 0.3) is 22.2 Å². The van der Waals surface area contributed by atoms with Gasteiger partial charge in [-0.3, -0.25) is 4.79 Å². The zero-order valence-electron chi connectivity index (χ0n) is 16.0. The maximum Gasteiger partial charge on any atom is 0.257 e. The number of carbonyl (C=O) groups excluding carboxylic acids is 1. The predicted octanol–water partition coefficient (Wildman–Crippen LogP) is 2.57. The van der Waals surface area contributed by atoms with Crippen molar-refractivity contribution in [1.29, 1.82) is 0 Å². The third-order valence-electron chi connectivity index (χ3n) is 5.31. The maximum absolute atomic E-state index is 12.8. The molecule has 0 bridgehead atoms.